The molecule has 3 heterocycles. The maximum Gasteiger partial charge on any atom is 0.436 e. The van der Waals surface area contributed by atoms with Gasteiger partial charge in [-0.25, -0.2) is 9.25 Å². The Bertz CT molecular complexity index is 812. The molecule has 11 nitrogen and oxygen atoms in total. The van der Waals surface area contributed by atoms with Gasteiger partial charge in [0.05, 0.1) is 23.7 Å². The average Bonchev–Trinajstić information content (AvgIpc) is 3.11. The van der Waals surface area contributed by atoms with Crippen LogP contribution in [0.3, 0.4) is 0 Å². The fourth-order valence-electron chi connectivity index (χ4n) is 2.41. The average molecular weight is 342 g/mol. The van der Waals surface area contributed by atoms with E-state index in [0.29, 0.717) is 18.5 Å². The van der Waals surface area contributed by atoms with E-state index in [9.17, 15) is 18.5 Å². The quantitative estimate of drug-likeness (QED) is 0.419. The molecule has 1 aliphatic rings. The number of nitrogens with zero attached hydrogens (tertiary/aromatic N) is 6. The molecule has 23 heavy (non-hydrogen) atoms. The predicted octanol–water partition coefficient (Wildman–Crippen LogP) is -0.0601. The van der Waals surface area contributed by atoms with Crippen molar-refractivity contribution in [2.24, 2.45) is 0 Å². The van der Waals surface area contributed by atoms with Crippen LogP contribution in [0.1, 0.15) is 18.5 Å². The van der Waals surface area contributed by atoms with Crippen LogP contribution in [0.15, 0.2) is 18.6 Å². The van der Waals surface area contributed by atoms with E-state index in [1.807, 2.05) is 0 Å². The number of imidazole rings is 1. The Morgan fingerprint density at radius 1 is 1.48 bits per heavy atom. The second kappa shape index (κ2) is 6.04. The molecule has 1 saturated heterocycles. The van der Waals surface area contributed by atoms with Gasteiger partial charge in [-0.1, -0.05) is 10.2 Å². The fourth-order valence-corrected chi connectivity index (χ4v) is 3.78. The highest BCUT2D eigenvalue weighted by molar-refractivity contribution is 7.87. The van der Waals surface area contributed by atoms with Gasteiger partial charge in [-0.2, -0.15) is 8.42 Å². The fraction of sp³-hybridized carbons (Fsp3) is 0.545. The van der Waals surface area contributed by atoms with Crippen molar-refractivity contribution in [2.45, 2.75) is 31.2 Å². The summed E-state index contributed by atoms with van der Waals surface area (Å²) in [6.45, 7) is 0.285. The molecular formula is C11H14N6O5S. The lowest BCUT2D eigenvalue weighted by atomic mass is 10.1. The Labute approximate surface area is 131 Å². The van der Waals surface area contributed by atoms with Crippen LogP contribution in [0, 0.1) is 10.1 Å². The predicted molar refractivity (Wildman–Crippen MR) is 75.9 cm³/mol. The van der Waals surface area contributed by atoms with Gasteiger partial charge in [0.15, 0.2) is 6.67 Å². The van der Waals surface area contributed by atoms with E-state index in [1.165, 1.54) is 21.6 Å². The zero-order chi connectivity index (χ0) is 16.4. The molecule has 0 bridgehead atoms. The van der Waals surface area contributed by atoms with Gasteiger partial charge in [-0.15, -0.1) is 5.10 Å². The minimum Gasteiger partial charge on any atom is -0.390 e. The van der Waals surface area contributed by atoms with Gasteiger partial charge in [0.1, 0.15) is 12.4 Å². The maximum absolute atomic E-state index is 11.8. The highest BCUT2D eigenvalue weighted by Gasteiger charge is 2.31. The lowest BCUT2D eigenvalue weighted by molar-refractivity contribution is -0.396. The van der Waals surface area contributed by atoms with Crippen LogP contribution in [0.25, 0.3) is 0 Å². The molecule has 0 saturated carbocycles. The smallest absolute Gasteiger partial charge is 0.390 e. The van der Waals surface area contributed by atoms with Crippen LogP contribution in [0.4, 0.5) is 5.95 Å². The summed E-state index contributed by atoms with van der Waals surface area (Å²) >= 11 is 0. The Balaban J connectivity index is 1.71. The van der Waals surface area contributed by atoms with Gasteiger partial charge >= 0.3 is 5.95 Å². The molecule has 2 aromatic heterocycles. The van der Waals surface area contributed by atoms with Crippen LogP contribution >= 0.6 is 0 Å². The van der Waals surface area contributed by atoms with Crippen molar-refractivity contribution in [1.29, 1.82) is 0 Å². The molecule has 0 amide bonds. The Morgan fingerprint density at radius 3 is 3.04 bits per heavy atom. The highest BCUT2D eigenvalue weighted by atomic mass is 32.2. The van der Waals surface area contributed by atoms with Crippen LogP contribution < -0.4 is 0 Å². The molecule has 0 radical (unpaired) electrons. The van der Waals surface area contributed by atoms with E-state index < -0.39 is 20.3 Å². The standard InChI is InChI=1S/C11H14N6O5S/c18-17(19)11-12-3-4-15(11)8-16-7-9(13-14-16)6-10-2-1-5-22-23(10,20)21/h3-4,7,10H,1-2,5-6,8H2. The number of nitro groups is 1. The van der Waals surface area contributed by atoms with E-state index in [0.717, 1.165) is 0 Å². The topological polar surface area (TPSA) is 135 Å². The zero-order valence-corrected chi connectivity index (χ0v) is 12.8. The number of aromatic nitrogens is 5. The van der Waals surface area contributed by atoms with Gasteiger partial charge < -0.3 is 10.1 Å². The van der Waals surface area contributed by atoms with E-state index >= 15 is 0 Å². The van der Waals surface area contributed by atoms with Crippen LogP contribution in [0.2, 0.25) is 0 Å². The first-order chi connectivity index (χ1) is 11.0. The van der Waals surface area contributed by atoms with E-state index in [2.05, 4.69) is 15.3 Å². The Kier molecular flexibility index (Phi) is 4.09. The third-order valence-electron chi connectivity index (χ3n) is 3.50. The van der Waals surface area contributed by atoms with Gasteiger partial charge in [-0.3, -0.25) is 4.18 Å². The molecule has 1 aliphatic heterocycles. The summed E-state index contributed by atoms with van der Waals surface area (Å²) in [6.07, 6.45) is 5.74. The van der Waals surface area contributed by atoms with Crippen molar-refractivity contribution in [2.75, 3.05) is 6.61 Å². The molecule has 12 heteroatoms. The summed E-state index contributed by atoms with van der Waals surface area (Å²) in [4.78, 5) is 13.9. The molecule has 1 unspecified atom stereocenters. The van der Waals surface area contributed by atoms with Crippen molar-refractivity contribution in [3.8, 4) is 0 Å². The molecular weight excluding hydrogens is 328 g/mol. The molecule has 1 fully saturated rings. The van der Waals surface area contributed by atoms with Gasteiger partial charge in [-0.05, 0) is 17.8 Å². The lowest BCUT2D eigenvalue weighted by Gasteiger charge is -2.20. The second-order valence-electron chi connectivity index (χ2n) is 5.13. The molecule has 2 aromatic rings. The number of rotatable bonds is 5. The van der Waals surface area contributed by atoms with Crippen molar-refractivity contribution in [1.82, 2.24) is 24.5 Å². The largest absolute Gasteiger partial charge is 0.436 e. The first-order valence-electron chi connectivity index (χ1n) is 6.88. The maximum atomic E-state index is 11.8. The van der Waals surface area contributed by atoms with Crippen LogP contribution in [0.5, 0.6) is 0 Å². The van der Waals surface area contributed by atoms with Gasteiger partial charge in [0.25, 0.3) is 10.1 Å². The van der Waals surface area contributed by atoms with Crippen molar-refractivity contribution < 1.29 is 17.5 Å². The monoisotopic (exact) mass is 342 g/mol. The third-order valence-corrected chi connectivity index (χ3v) is 5.22. The Hall–Kier alpha value is -2.34. The number of hydrogen-bond donors (Lipinski definition) is 0. The van der Waals surface area contributed by atoms with Crippen LogP contribution in [-0.2, 0) is 27.4 Å². The van der Waals surface area contributed by atoms with E-state index in [1.54, 1.807) is 6.20 Å². The van der Waals surface area contributed by atoms with Crippen molar-refractivity contribution in [3.63, 3.8) is 0 Å². The molecule has 0 aliphatic carbocycles. The summed E-state index contributed by atoms with van der Waals surface area (Å²) in [6, 6.07) is 0. The normalized spacial score (nSPS) is 20.4. The zero-order valence-electron chi connectivity index (χ0n) is 12.0. The van der Waals surface area contributed by atoms with Crippen molar-refractivity contribution in [3.05, 3.63) is 34.4 Å². The third kappa shape index (κ3) is 3.37. The number of hydrogen-bond acceptors (Lipinski definition) is 8. The summed E-state index contributed by atoms with van der Waals surface area (Å²) in [5, 5.41) is 18.0. The van der Waals surface area contributed by atoms with Gasteiger partial charge in [0, 0.05) is 6.42 Å². The summed E-state index contributed by atoms with van der Waals surface area (Å²) in [7, 11) is -3.56. The first kappa shape index (κ1) is 15.6. The Morgan fingerprint density at radius 2 is 2.30 bits per heavy atom. The summed E-state index contributed by atoms with van der Waals surface area (Å²) in [5.41, 5.74) is 0.492. The SMILES string of the molecule is O=[N+]([O-])c1nccn1Cn1cc(CC2CCCOS2(=O)=O)nn1. The first-order valence-corrected chi connectivity index (χ1v) is 8.35. The van der Waals surface area contributed by atoms with E-state index in [-0.39, 0.29) is 25.6 Å². The molecule has 0 aromatic carbocycles. The second-order valence-corrected chi connectivity index (χ2v) is 7.02. The molecule has 3 rings (SSSR count). The summed E-state index contributed by atoms with van der Waals surface area (Å²) < 4.78 is 31.1. The van der Waals surface area contributed by atoms with Crippen LogP contribution in [-0.4, -0.2) is 49.7 Å². The van der Waals surface area contributed by atoms with Gasteiger partial charge in [0.2, 0.25) is 0 Å². The van der Waals surface area contributed by atoms with Crippen molar-refractivity contribution >= 4 is 16.1 Å². The minimum absolute atomic E-state index is 0.0667. The lowest BCUT2D eigenvalue weighted by Crippen LogP contribution is -2.30. The molecule has 0 N–H and O–H groups in total. The highest BCUT2D eigenvalue weighted by Crippen LogP contribution is 2.20. The molecule has 124 valence electrons. The minimum atomic E-state index is -3.56. The van der Waals surface area contributed by atoms with E-state index in [4.69, 9.17) is 4.18 Å². The molecule has 0 spiro atoms. The molecule has 1 atom stereocenters. The summed E-state index contributed by atoms with van der Waals surface area (Å²) in [5.74, 6) is -0.301.